The van der Waals surface area contributed by atoms with Gasteiger partial charge < -0.3 is 10.1 Å². The minimum Gasteiger partial charge on any atom is -0.342 e. The Bertz CT molecular complexity index is 541. The number of aromatic nitrogens is 1. The van der Waals surface area contributed by atoms with Gasteiger partial charge in [0.05, 0.1) is 6.04 Å². The van der Waals surface area contributed by atoms with Crippen molar-refractivity contribution in [3.63, 3.8) is 0 Å². The number of carbonyl (C=O) groups is 2. The van der Waals surface area contributed by atoms with Gasteiger partial charge in [0.25, 0.3) is 5.91 Å². The molecule has 1 aromatic heterocycles. The van der Waals surface area contributed by atoms with E-state index in [4.69, 9.17) is 0 Å². The first kappa shape index (κ1) is 13.0. The van der Waals surface area contributed by atoms with Crippen LogP contribution >= 0.6 is 0 Å². The fourth-order valence-electron chi connectivity index (χ4n) is 1.66. The highest BCUT2D eigenvalue weighted by atomic mass is 16.2. The zero-order valence-electron chi connectivity index (χ0n) is 10.2. The molecule has 2 aromatic rings. The largest absolute Gasteiger partial charge is 0.342 e. The van der Waals surface area contributed by atoms with E-state index in [-0.39, 0.29) is 5.91 Å². The molecule has 4 heteroatoms. The molecule has 4 nitrogen and oxygen atoms in total. The summed E-state index contributed by atoms with van der Waals surface area (Å²) in [7, 11) is 0. The van der Waals surface area contributed by atoms with E-state index in [0.717, 1.165) is 12.0 Å². The number of aldehydes is 1. The lowest BCUT2D eigenvalue weighted by Gasteiger charge is -2.12. The molecule has 1 radical (unpaired) electrons. The summed E-state index contributed by atoms with van der Waals surface area (Å²) in [6, 6.07) is 14.5. The first-order chi connectivity index (χ1) is 9.29. The molecule has 2 rings (SSSR count). The van der Waals surface area contributed by atoms with Crippen LogP contribution < -0.4 is 5.32 Å². The zero-order chi connectivity index (χ0) is 13.5. The van der Waals surface area contributed by atoms with Crippen LogP contribution in [0.5, 0.6) is 0 Å². The average Bonchev–Trinajstić information content (AvgIpc) is 2.48. The van der Waals surface area contributed by atoms with Crippen molar-refractivity contribution >= 4 is 12.2 Å². The Morgan fingerprint density at radius 3 is 2.79 bits per heavy atom. The van der Waals surface area contributed by atoms with Crippen molar-refractivity contribution in [3.8, 4) is 0 Å². The first-order valence-corrected chi connectivity index (χ1v) is 5.92. The van der Waals surface area contributed by atoms with Crippen molar-refractivity contribution in [1.82, 2.24) is 10.3 Å². The molecular formula is C15H13N2O2. The summed E-state index contributed by atoms with van der Waals surface area (Å²) in [4.78, 5) is 27.0. The lowest BCUT2D eigenvalue weighted by Crippen LogP contribution is -2.37. The van der Waals surface area contributed by atoms with E-state index in [1.807, 2.05) is 12.1 Å². The third-order valence-corrected chi connectivity index (χ3v) is 2.59. The van der Waals surface area contributed by atoms with E-state index in [1.54, 1.807) is 36.5 Å². The minimum atomic E-state index is -0.587. The number of nitrogens with zero attached hydrogens (tertiary/aromatic N) is 1. The first-order valence-electron chi connectivity index (χ1n) is 5.92. The van der Waals surface area contributed by atoms with E-state index in [2.05, 4.69) is 16.4 Å². The highest BCUT2D eigenvalue weighted by molar-refractivity contribution is 5.95. The Labute approximate surface area is 111 Å². The maximum absolute atomic E-state index is 11.9. The van der Waals surface area contributed by atoms with Gasteiger partial charge in [0.15, 0.2) is 0 Å². The van der Waals surface area contributed by atoms with Gasteiger partial charge in [-0.1, -0.05) is 24.3 Å². The molecule has 0 saturated carbocycles. The van der Waals surface area contributed by atoms with E-state index >= 15 is 0 Å². The van der Waals surface area contributed by atoms with Crippen LogP contribution in [0.15, 0.2) is 48.7 Å². The third kappa shape index (κ3) is 3.74. The Balaban J connectivity index is 2.00. The Morgan fingerprint density at radius 1 is 1.32 bits per heavy atom. The molecule has 95 valence electrons. The fraction of sp³-hybridized carbons (Fsp3) is 0.133. The highest BCUT2D eigenvalue weighted by Gasteiger charge is 2.13. The van der Waals surface area contributed by atoms with E-state index in [9.17, 15) is 9.59 Å². The molecule has 0 fully saturated rings. The minimum absolute atomic E-state index is 0.311. The number of pyridine rings is 1. The molecule has 1 amide bonds. The van der Waals surface area contributed by atoms with E-state index in [1.165, 1.54) is 0 Å². The van der Waals surface area contributed by atoms with Crippen LogP contribution in [0.3, 0.4) is 0 Å². The molecule has 0 bridgehead atoms. The van der Waals surface area contributed by atoms with Crippen molar-refractivity contribution < 1.29 is 9.59 Å². The smallest absolute Gasteiger partial charge is 0.252 e. The maximum Gasteiger partial charge on any atom is 0.252 e. The summed E-state index contributed by atoms with van der Waals surface area (Å²) >= 11 is 0. The number of benzene rings is 1. The molecule has 1 heterocycles. The molecule has 0 spiro atoms. The monoisotopic (exact) mass is 253 g/mol. The van der Waals surface area contributed by atoms with Gasteiger partial charge in [0.1, 0.15) is 6.29 Å². The Morgan fingerprint density at radius 2 is 2.16 bits per heavy atom. The van der Waals surface area contributed by atoms with Crippen LogP contribution in [0, 0.1) is 6.07 Å². The van der Waals surface area contributed by atoms with Gasteiger partial charge in [-0.15, -0.1) is 0 Å². The van der Waals surface area contributed by atoms with Crippen molar-refractivity contribution in [2.45, 2.75) is 12.5 Å². The molecule has 0 aliphatic rings. The second-order valence-electron chi connectivity index (χ2n) is 4.02. The lowest BCUT2D eigenvalue weighted by atomic mass is 10.1. The SMILES string of the molecule is O=C[C@H](Cc1ccccn1)NC(=O)c1[c]cccc1. The van der Waals surface area contributed by atoms with Gasteiger partial charge in [-0.05, 0) is 24.3 Å². The van der Waals surface area contributed by atoms with Crippen molar-refractivity contribution in [2.24, 2.45) is 0 Å². The van der Waals surface area contributed by atoms with E-state index < -0.39 is 6.04 Å². The number of nitrogens with one attached hydrogen (secondary N) is 1. The molecule has 1 atom stereocenters. The van der Waals surface area contributed by atoms with Crippen molar-refractivity contribution in [1.29, 1.82) is 0 Å². The number of carbonyl (C=O) groups excluding carboxylic acids is 2. The molecular weight excluding hydrogens is 240 g/mol. The van der Waals surface area contributed by atoms with Gasteiger partial charge in [0, 0.05) is 23.9 Å². The topological polar surface area (TPSA) is 59.1 Å². The van der Waals surface area contributed by atoms with Gasteiger partial charge in [-0.2, -0.15) is 0 Å². The molecule has 19 heavy (non-hydrogen) atoms. The molecule has 0 saturated heterocycles. The number of rotatable bonds is 5. The van der Waals surface area contributed by atoms with E-state index in [0.29, 0.717) is 12.0 Å². The third-order valence-electron chi connectivity index (χ3n) is 2.59. The van der Waals surface area contributed by atoms with Crippen LogP contribution in [0.4, 0.5) is 0 Å². The summed E-state index contributed by atoms with van der Waals surface area (Å²) in [6.45, 7) is 0. The number of hydrogen-bond acceptors (Lipinski definition) is 3. The van der Waals surface area contributed by atoms with Gasteiger partial charge in [-0.3, -0.25) is 9.78 Å². The van der Waals surface area contributed by atoms with Crippen molar-refractivity contribution in [3.05, 3.63) is 66.0 Å². The summed E-state index contributed by atoms with van der Waals surface area (Å²) in [6.07, 6.45) is 2.75. The predicted molar refractivity (Wildman–Crippen MR) is 70.5 cm³/mol. The van der Waals surface area contributed by atoms with Crippen LogP contribution in [0.25, 0.3) is 0 Å². The van der Waals surface area contributed by atoms with Crippen LogP contribution in [-0.2, 0) is 11.2 Å². The lowest BCUT2D eigenvalue weighted by molar-refractivity contribution is -0.109. The summed E-state index contributed by atoms with van der Waals surface area (Å²) in [5.74, 6) is -0.311. The molecule has 0 unspecified atom stereocenters. The highest BCUT2D eigenvalue weighted by Crippen LogP contribution is 2.01. The van der Waals surface area contributed by atoms with Crippen molar-refractivity contribution in [2.75, 3.05) is 0 Å². The molecule has 0 aliphatic carbocycles. The van der Waals surface area contributed by atoms with Gasteiger partial charge in [-0.25, -0.2) is 0 Å². The molecule has 1 aromatic carbocycles. The standard InChI is InChI=1S/C15H13N2O2/c18-11-14(10-13-8-4-5-9-16-13)17-15(19)12-6-2-1-3-7-12/h1-6,8-9,11,14H,10H2,(H,17,19)/t14-/m0/s1. The summed E-state index contributed by atoms with van der Waals surface area (Å²) in [5, 5.41) is 2.65. The van der Waals surface area contributed by atoms with Crippen LogP contribution in [0.1, 0.15) is 16.1 Å². The summed E-state index contributed by atoms with van der Waals surface area (Å²) < 4.78 is 0. The number of hydrogen-bond donors (Lipinski definition) is 1. The van der Waals surface area contributed by atoms with Crippen LogP contribution in [0.2, 0.25) is 0 Å². The molecule has 0 aliphatic heterocycles. The second kappa shape index (κ2) is 6.44. The molecule has 1 N–H and O–H groups in total. The second-order valence-corrected chi connectivity index (χ2v) is 4.02. The predicted octanol–water partition coefficient (Wildman–Crippen LogP) is 1.42. The Kier molecular flexibility index (Phi) is 4.39. The quantitative estimate of drug-likeness (QED) is 0.820. The van der Waals surface area contributed by atoms with Gasteiger partial charge in [0.2, 0.25) is 0 Å². The maximum atomic E-state index is 11.9. The Hall–Kier alpha value is -2.49. The normalized spacial score (nSPS) is 11.6. The zero-order valence-corrected chi connectivity index (χ0v) is 10.2. The fourth-order valence-corrected chi connectivity index (χ4v) is 1.66. The van der Waals surface area contributed by atoms with Crippen LogP contribution in [-0.4, -0.2) is 23.2 Å². The summed E-state index contributed by atoms with van der Waals surface area (Å²) in [5.41, 5.74) is 1.17. The average molecular weight is 253 g/mol. The van der Waals surface area contributed by atoms with Gasteiger partial charge >= 0.3 is 0 Å². The number of amides is 1.